The van der Waals surface area contributed by atoms with Crippen LogP contribution < -0.4 is 0 Å². The van der Waals surface area contributed by atoms with Crippen molar-refractivity contribution in [1.29, 1.82) is 0 Å². The Morgan fingerprint density at radius 2 is 0.585 bits per heavy atom. The summed E-state index contributed by atoms with van der Waals surface area (Å²) in [4.78, 5) is 72.1. The predicted octanol–water partition coefficient (Wildman–Crippen LogP) is 17.0. The van der Waals surface area contributed by atoms with Crippen molar-refractivity contribution in [2.45, 2.75) is 318 Å². The third-order valence-corrected chi connectivity index (χ3v) is 16.6. The van der Waals surface area contributed by atoms with Gasteiger partial charge in [-0.15, -0.1) is 0 Å². The maximum atomic E-state index is 13.0. The number of phosphoric acid groups is 2. The molecule has 0 radical (unpaired) electrons. The Hall–Kier alpha value is -1.94. The van der Waals surface area contributed by atoms with Crippen molar-refractivity contribution >= 4 is 39.5 Å². The lowest BCUT2D eigenvalue weighted by molar-refractivity contribution is -0.161. The molecule has 17 nitrogen and oxygen atoms in total. The Labute approximate surface area is 498 Å². The molecule has 0 fully saturated rings. The number of aliphatic hydroxyl groups excluding tert-OH is 1. The fourth-order valence-corrected chi connectivity index (χ4v) is 10.8. The van der Waals surface area contributed by atoms with E-state index in [1.165, 1.54) is 96.3 Å². The second-order valence-electron chi connectivity index (χ2n) is 24.5. The predicted molar refractivity (Wildman–Crippen MR) is 326 cm³/mol. The first kappa shape index (κ1) is 80.1. The number of ether oxygens (including phenoxy) is 4. The van der Waals surface area contributed by atoms with Gasteiger partial charge in [-0.05, 0) is 49.4 Å². The normalized spacial score (nSPS) is 14.8. The van der Waals surface area contributed by atoms with Gasteiger partial charge < -0.3 is 33.8 Å². The molecule has 0 aliphatic heterocycles. The summed E-state index contributed by atoms with van der Waals surface area (Å²) in [6.07, 6.45) is 32.3. The Morgan fingerprint density at radius 3 is 0.866 bits per heavy atom. The van der Waals surface area contributed by atoms with Crippen LogP contribution in [-0.2, 0) is 65.4 Å². The molecule has 0 aromatic rings. The maximum absolute atomic E-state index is 13.0. The van der Waals surface area contributed by atoms with Gasteiger partial charge in [-0.25, -0.2) is 9.13 Å². The maximum Gasteiger partial charge on any atom is 0.472 e. The molecule has 0 saturated heterocycles. The first-order chi connectivity index (χ1) is 39.1. The highest BCUT2D eigenvalue weighted by Gasteiger charge is 2.30. The SMILES string of the molecule is CCC(C)CCCCCCCCC(=O)OC[C@H](COP(=O)(O)OC[C@H](O)COP(=O)(O)OC[C@@H](COC(=O)CCCCCCCCCCC(C)C)OC(=O)CCCCCCCCCC(C)C)OC(=O)CCCCCCCCCCC(C)C. The summed E-state index contributed by atoms with van der Waals surface area (Å²) in [7, 11) is -9.89. The van der Waals surface area contributed by atoms with Gasteiger partial charge in [0.2, 0.25) is 0 Å². The van der Waals surface area contributed by atoms with Gasteiger partial charge >= 0.3 is 39.5 Å². The molecule has 82 heavy (non-hydrogen) atoms. The summed E-state index contributed by atoms with van der Waals surface area (Å²) < 4.78 is 67.9. The second kappa shape index (κ2) is 53.3. The molecule has 0 bridgehead atoms. The third-order valence-electron chi connectivity index (χ3n) is 14.7. The lowest BCUT2D eigenvalue weighted by Crippen LogP contribution is -2.30. The second-order valence-corrected chi connectivity index (χ2v) is 27.4. The standard InChI is InChI=1S/C63H122O17P2/c1-9-56(8)42-34-26-21-22-28-36-44-61(66)74-50-59(79-62(67)45-37-29-19-13-11-16-24-32-40-54(4)5)52-78-82(71,72)76-48-57(64)47-75-81(69,70)77-51-58(80-63(68)46-38-30-20-14-17-25-33-41-55(6)7)49-73-60(65)43-35-27-18-12-10-15-23-31-39-53(2)3/h53-59,64H,9-52H2,1-8H3,(H,69,70)(H,71,72)/t56?,57-,58-,59-/m1/s1. The number of aliphatic hydroxyl groups is 1. The van der Waals surface area contributed by atoms with E-state index in [0.717, 1.165) is 114 Å². The number of unbranched alkanes of at least 4 members (excludes halogenated alkanes) is 25. The molecule has 3 N–H and O–H groups in total. The number of esters is 4. The van der Waals surface area contributed by atoms with E-state index < -0.39 is 97.5 Å². The smallest absolute Gasteiger partial charge is 0.462 e. The highest BCUT2D eigenvalue weighted by atomic mass is 31.2. The zero-order valence-electron chi connectivity index (χ0n) is 53.1. The van der Waals surface area contributed by atoms with Crippen LogP contribution in [0, 0.1) is 23.7 Å². The Bertz CT molecular complexity index is 1650. The lowest BCUT2D eigenvalue weighted by atomic mass is 10.00. The van der Waals surface area contributed by atoms with Crippen molar-refractivity contribution < 1.29 is 80.2 Å². The van der Waals surface area contributed by atoms with Gasteiger partial charge in [0.25, 0.3) is 0 Å². The first-order valence-corrected chi connectivity index (χ1v) is 35.7. The Kier molecular flexibility index (Phi) is 52.0. The van der Waals surface area contributed by atoms with E-state index >= 15 is 0 Å². The van der Waals surface area contributed by atoms with E-state index in [0.29, 0.717) is 31.6 Å². The molecule has 0 spiro atoms. The summed E-state index contributed by atoms with van der Waals surface area (Å²) in [5.74, 6) is 0.727. The topological polar surface area (TPSA) is 237 Å². The van der Waals surface area contributed by atoms with Crippen LogP contribution >= 0.6 is 15.6 Å². The van der Waals surface area contributed by atoms with Gasteiger partial charge in [0, 0.05) is 25.7 Å². The average Bonchev–Trinajstić information content (AvgIpc) is 3.44. The van der Waals surface area contributed by atoms with Gasteiger partial charge in [0.05, 0.1) is 26.4 Å². The van der Waals surface area contributed by atoms with Crippen LogP contribution in [-0.4, -0.2) is 96.7 Å². The summed E-state index contributed by atoms with van der Waals surface area (Å²) in [5.41, 5.74) is 0. The molecule has 0 aliphatic rings. The third kappa shape index (κ3) is 55.9. The molecule has 486 valence electrons. The van der Waals surface area contributed by atoms with Gasteiger partial charge in [0.1, 0.15) is 19.3 Å². The fourth-order valence-electron chi connectivity index (χ4n) is 9.22. The Balaban J connectivity index is 5.26. The number of hydrogen-bond acceptors (Lipinski definition) is 15. The lowest BCUT2D eigenvalue weighted by Gasteiger charge is -2.21. The van der Waals surface area contributed by atoms with Gasteiger partial charge in [-0.3, -0.25) is 37.3 Å². The van der Waals surface area contributed by atoms with Crippen molar-refractivity contribution in [2.24, 2.45) is 23.7 Å². The first-order valence-electron chi connectivity index (χ1n) is 32.7. The van der Waals surface area contributed by atoms with Crippen LogP contribution in [0.5, 0.6) is 0 Å². The van der Waals surface area contributed by atoms with Gasteiger partial charge in [-0.2, -0.15) is 0 Å². The van der Waals surface area contributed by atoms with Crippen molar-refractivity contribution in [2.75, 3.05) is 39.6 Å². The van der Waals surface area contributed by atoms with Crippen LogP contribution in [0.15, 0.2) is 0 Å². The van der Waals surface area contributed by atoms with Crippen LogP contribution in [0.3, 0.4) is 0 Å². The zero-order valence-corrected chi connectivity index (χ0v) is 54.9. The average molecular weight is 1210 g/mol. The van der Waals surface area contributed by atoms with E-state index in [9.17, 15) is 43.2 Å². The number of phosphoric ester groups is 2. The summed E-state index contributed by atoms with van der Waals surface area (Å²) in [6, 6.07) is 0. The van der Waals surface area contributed by atoms with Crippen LogP contribution in [0.1, 0.15) is 299 Å². The van der Waals surface area contributed by atoms with E-state index in [-0.39, 0.29) is 25.7 Å². The van der Waals surface area contributed by atoms with Crippen LogP contribution in [0.25, 0.3) is 0 Å². The molecule has 0 saturated carbocycles. The van der Waals surface area contributed by atoms with Crippen molar-refractivity contribution in [1.82, 2.24) is 0 Å². The minimum Gasteiger partial charge on any atom is -0.462 e. The molecular formula is C63H122O17P2. The fraction of sp³-hybridized carbons (Fsp3) is 0.937. The summed E-state index contributed by atoms with van der Waals surface area (Å²) >= 11 is 0. The molecule has 0 heterocycles. The molecule has 0 aromatic heterocycles. The quantitative estimate of drug-likeness (QED) is 0.0222. The Morgan fingerprint density at radius 1 is 0.341 bits per heavy atom. The van der Waals surface area contributed by atoms with Crippen molar-refractivity contribution in [3.8, 4) is 0 Å². The monoisotopic (exact) mass is 1210 g/mol. The molecule has 0 aromatic carbocycles. The van der Waals surface area contributed by atoms with Crippen molar-refractivity contribution in [3.63, 3.8) is 0 Å². The van der Waals surface area contributed by atoms with Gasteiger partial charge in [-0.1, -0.05) is 248 Å². The number of carbonyl (C=O) groups excluding carboxylic acids is 4. The highest BCUT2D eigenvalue weighted by Crippen LogP contribution is 2.45. The largest absolute Gasteiger partial charge is 0.472 e. The molecule has 3 unspecified atom stereocenters. The minimum atomic E-state index is -4.94. The summed E-state index contributed by atoms with van der Waals surface area (Å²) in [5, 5.41) is 10.5. The molecule has 0 rings (SSSR count). The van der Waals surface area contributed by atoms with Crippen LogP contribution in [0.2, 0.25) is 0 Å². The molecular weight excluding hydrogens is 1090 g/mol. The molecule has 6 atom stereocenters. The van der Waals surface area contributed by atoms with E-state index in [4.69, 9.17) is 37.0 Å². The number of carbonyl (C=O) groups is 4. The summed E-state index contributed by atoms with van der Waals surface area (Å²) in [6.45, 7) is 13.9. The molecule has 0 aliphatic carbocycles. The van der Waals surface area contributed by atoms with Crippen LogP contribution in [0.4, 0.5) is 0 Å². The minimum absolute atomic E-state index is 0.102. The van der Waals surface area contributed by atoms with Crippen molar-refractivity contribution in [3.05, 3.63) is 0 Å². The molecule has 19 heteroatoms. The zero-order chi connectivity index (χ0) is 61.1. The van der Waals surface area contributed by atoms with Gasteiger partial charge in [0.15, 0.2) is 12.2 Å². The van der Waals surface area contributed by atoms with E-state index in [1.54, 1.807) is 0 Å². The molecule has 0 amide bonds. The highest BCUT2D eigenvalue weighted by molar-refractivity contribution is 7.47. The number of rotatable bonds is 60. The van der Waals surface area contributed by atoms with E-state index in [2.05, 4.69) is 55.4 Å². The van der Waals surface area contributed by atoms with E-state index in [1.807, 2.05) is 0 Å². The number of hydrogen-bond donors (Lipinski definition) is 3.